The second kappa shape index (κ2) is 5.45. The molecule has 8 heteroatoms. The fourth-order valence-corrected chi connectivity index (χ4v) is 2.71. The first-order chi connectivity index (χ1) is 12.0. The third-order valence-corrected chi connectivity index (χ3v) is 3.82. The molecule has 0 bridgehead atoms. The van der Waals surface area contributed by atoms with Gasteiger partial charge < -0.3 is 8.83 Å². The zero-order valence-electron chi connectivity index (χ0n) is 12.6. The summed E-state index contributed by atoms with van der Waals surface area (Å²) < 4.78 is 9.87. The van der Waals surface area contributed by atoms with Crippen molar-refractivity contribution in [3.63, 3.8) is 0 Å². The van der Waals surface area contributed by atoms with Crippen LogP contribution in [0.3, 0.4) is 0 Å². The molecule has 4 rings (SSSR count). The predicted octanol–water partition coefficient (Wildman–Crippen LogP) is 0.867. The van der Waals surface area contributed by atoms with Crippen LogP contribution < -0.4 is 22.6 Å². The fraction of sp³-hybridized carbons (Fsp3) is 0.0588. The van der Waals surface area contributed by atoms with Crippen molar-refractivity contribution in [2.24, 2.45) is 0 Å². The van der Waals surface area contributed by atoms with Gasteiger partial charge >= 0.3 is 11.5 Å². The van der Waals surface area contributed by atoms with Gasteiger partial charge in [0.15, 0.2) is 0 Å². The molecule has 0 saturated carbocycles. The lowest BCUT2D eigenvalue weighted by molar-refractivity contribution is 0.528. The summed E-state index contributed by atoms with van der Waals surface area (Å²) in [5, 5.41) is 0.531. The van der Waals surface area contributed by atoms with E-state index in [0.717, 1.165) is 11.1 Å². The molecule has 0 amide bonds. The summed E-state index contributed by atoms with van der Waals surface area (Å²) in [5.41, 5.74) is 0.943. The molecule has 4 aromatic rings. The first kappa shape index (κ1) is 14.9. The van der Waals surface area contributed by atoms with E-state index in [1.807, 2.05) is 0 Å². The number of H-pyrrole nitrogens is 2. The quantitative estimate of drug-likeness (QED) is 0.558. The maximum absolute atomic E-state index is 11.9. The Morgan fingerprint density at radius 1 is 0.680 bits per heavy atom. The number of rotatable bonds is 2. The van der Waals surface area contributed by atoms with Gasteiger partial charge in [-0.1, -0.05) is 12.1 Å². The van der Waals surface area contributed by atoms with Crippen molar-refractivity contribution < 1.29 is 8.83 Å². The molecule has 0 spiro atoms. The monoisotopic (exact) mass is 338 g/mol. The van der Waals surface area contributed by atoms with Gasteiger partial charge in [-0.3, -0.25) is 19.6 Å². The Balaban J connectivity index is 1.80. The molecule has 25 heavy (non-hydrogen) atoms. The molecule has 0 radical (unpaired) electrons. The van der Waals surface area contributed by atoms with Gasteiger partial charge in [0, 0.05) is 0 Å². The van der Waals surface area contributed by atoms with Crippen LogP contribution in [0.1, 0.15) is 11.1 Å². The number of aromatic nitrogens is 2. The minimum absolute atomic E-state index is 0.203. The highest BCUT2D eigenvalue weighted by molar-refractivity contribution is 5.77. The minimum Gasteiger partial charge on any atom is -0.409 e. The molecule has 0 aliphatic rings. The zero-order valence-corrected chi connectivity index (χ0v) is 12.6. The van der Waals surface area contributed by atoms with Crippen LogP contribution in [0.25, 0.3) is 21.9 Å². The van der Waals surface area contributed by atoms with Crippen LogP contribution in [0.4, 0.5) is 0 Å². The molecule has 0 aliphatic carbocycles. The number of aromatic amines is 2. The van der Waals surface area contributed by atoms with E-state index in [2.05, 4.69) is 9.97 Å². The van der Waals surface area contributed by atoms with Gasteiger partial charge in [0.2, 0.25) is 0 Å². The van der Waals surface area contributed by atoms with Crippen LogP contribution in [0.5, 0.6) is 0 Å². The normalized spacial score (nSPS) is 11.2. The van der Waals surface area contributed by atoms with E-state index in [0.29, 0.717) is 6.42 Å². The van der Waals surface area contributed by atoms with Crippen molar-refractivity contribution in [3.05, 3.63) is 89.3 Å². The number of hydrogen-bond donors (Lipinski definition) is 2. The van der Waals surface area contributed by atoms with Crippen molar-refractivity contribution >= 4 is 21.9 Å². The van der Waals surface area contributed by atoms with Gasteiger partial charge in [0.1, 0.15) is 11.2 Å². The number of nitrogens with one attached hydrogen (secondary N) is 2. The second-order valence-electron chi connectivity index (χ2n) is 5.53. The Morgan fingerprint density at radius 2 is 1.12 bits per heavy atom. The third-order valence-electron chi connectivity index (χ3n) is 3.82. The van der Waals surface area contributed by atoms with Crippen LogP contribution in [0.2, 0.25) is 0 Å². The molecule has 0 saturated heterocycles. The standard InChI is InChI=1S/C17H10N2O6/c20-14-10-6-8(1-3-12(10)24-16(22)18-14)5-9-2-4-13-11(7-9)15(21)19-17(23)25-13/h1-4,6-7H,5H2,(H,18,20,22)(H,19,21,23). The summed E-state index contributed by atoms with van der Waals surface area (Å²) in [4.78, 5) is 50.2. The minimum atomic E-state index is -0.805. The third kappa shape index (κ3) is 2.69. The first-order valence-corrected chi connectivity index (χ1v) is 7.32. The van der Waals surface area contributed by atoms with Crippen LogP contribution in [-0.4, -0.2) is 9.97 Å². The Hall–Kier alpha value is -3.68. The molecular formula is C17H10N2O6. The number of benzene rings is 2. The second-order valence-corrected chi connectivity index (χ2v) is 5.53. The van der Waals surface area contributed by atoms with Gasteiger partial charge in [-0.15, -0.1) is 0 Å². The van der Waals surface area contributed by atoms with Crippen molar-refractivity contribution in [2.45, 2.75) is 6.42 Å². The molecule has 2 aromatic heterocycles. The smallest absolute Gasteiger partial charge is 0.409 e. The topological polar surface area (TPSA) is 126 Å². The summed E-state index contributed by atoms with van der Waals surface area (Å²) in [6.45, 7) is 0. The Labute approximate surface area is 137 Å². The lowest BCUT2D eigenvalue weighted by atomic mass is 10.0. The summed E-state index contributed by atoms with van der Waals surface area (Å²) in [6.07, 6.45) is 0.434. The van der Waals surface area contributed by atoms with Crippen LogP contribution in [0.15, 0.2) is 64.4 Å². The highest BCUT2D eigenvalue weighted by Crippen LogP contribution is 2.17. The zero-order chi connectivity index (χ0) is 17.6. The Bertz CT molecular complexity index is 1250. The molecule has 0 atom stereocenters. The van der Waals surface area contributed by atoms with Crippen LogP contribution in [0, 0.1) is 0 Å². The number of fused-ring (bicyclic) bond motifs is 2. The predicted molar refractivity (Wildman–Crippen MR) is 89.0 cm³/mol. The highest BCUT2D eigenvalue weighted by atomic mass is 16.4. The van der Waals surface area contributed by atoms with Crippen molar-refractivity contribution in [1.29, 1.82) is 0 Å². The van der Waals surface area contributed by atoms with E-state index in [4.69, 9.17) is 8.83 Å². The summed E-state index contributed by atoms with van der Waals surface area (Å²) in [5.74, 6) is -1.61. The van der Waals surface area contributed by atoms with Gasteiger partial charge in [0.05, 0.1) is 10.8 Å². The SMILES string of the molecule is O=c1[nH]c(=O)c2cc(Cc3ccc4oc(=O)[nH]c(=O)c4c3)ccc2o1. The molecule has 0 aliphatic heterocycles. The summed E-state index contributed by atoms with van der Waals surface area (Å²) >= 11 is 0. The van der Waals surface area contributed by atoms with Gasteiger partial charge in [0.25, 0.3) is 11.1 Å². The van der Waals surface area contributed by atoms with Crippen LogP contribution in [-0.2, 0) is 6.42 Å². The largest absolute Gasteiger partial charge is 0.419 e. The van der Waals surface area contributed by atoms with Crippen LogP contribution >= 0.6 is 0 Å². The Morgan fingerprint density at radius 3 is 1.56 bits per heavy atom. The lowest BCUT2D eigenvalue weighted by Crippen LogP contribution is -2.18. The Kier molecular flexibility index (Phi) is 3.24. The van der Waals surface area contributed by atoms with Gasteiger partial charge in [-0.05, 0) is 41.8 Å². The molecule has 8 nitrogen and oxygen atoms in total. The van der Waals surface area contributed by atoms with Gasteiger partial charge in [-0.2, -0.15) is 0 Å². The number of hydrogen-bond acceptors (Lipinski definition) is 6. The molecule has 0 unspecified atom stereocenters. The van der Waals surface area contributed by atoms with E-state index in [1.54, 1.807) is 36.4 Å². The van der Waals surface area contributed by atoms with Crippen molar-refractivity contribution in [3.8, 4) is 0 Å². The summed E-state index contributed by atoms with van der Waals surface area (Å²) in [6, 6.07) is 9.80. The van der Waals surface area contributed by atoms with E-state index >= 15 is 0 Å². The summed E-state index contributed by atoms with van der Waals surface area (Å²) in [7, 11) is 0. The molecule has 2 aromatic carbocycles. The highest BCUT2D eigenvalue weighted by Gasteiger charge is 2.07. The maximum atomic E-state index is 11.9. The average molecular weight is 338 g/mol. The average Bonchev–Trinajstić information content (AvgIpc) is 2.56. The maximum Gasteiger partial charge on any atom is 0.419 e. The lowest BCUT2D eigenvalue weighted by Gasteiger charge is -2.04. The molecule has 0 fully saturated rings. The molecule has 2 N–H and O–H groups in total. The van der Waals surface area contributed by atoms with Gasteiger partial charge in [-0.25, -0.2) is 9.59 Å². The van der Waals surface area contributed by atoms with E-state index in [1.165, 1.54) is 0 Å². The fourth-order valence-electron chi connectivity index (χ4n) is 2.71. The van der Waals surface area contributed by atoms with E-state index in [9.17, 15) is 19.2 Å². The first-order valence-electron chi connectivity index (χ1n) is 7.32. The molecule has 124 valence electrons. The van der Waals surface area contributed by atoms with Crippen molar-refractivity contribution in [2.75, 3.05) is 0 Å². The molecule has 2 heterocycles. The van der Waals surface area contributed by atoms with E-state index < -0.39 is 22.6 Å². The van der Waals surface area contributed by atoms with Crippen molar-refractivity contribution in [1.82, 2.24) is 9.97 Å². The van der Waals surface area contributed by atoms with E-state index in [-0.39, 0.29) is 21.9 Å². The molecular weight excluding hydrogens is 328 g/mol.